The smallest absolute Gasteiger partial charge is 0.326 e. The first-order chi connectivity index (χ1) is 7.38. The first-order valence-corrected chi connectivity index (χ1v) is 5.58. The average molecular weight is 227 g/mol. The van der Waals surface area contributed by atoms with Crippen molar-refractivity contribution in [3.8, 4) is 0 Å². The van der Waals surface area contributed by atoms with Crippen LogP contribution in [-0.2, 0) is 9.59 Å². The summed E-state index contributed by atoms with van der Waals surface area (Å²) in [5, 5.41) is 11.5. The molecule has 0 saturated heterocycles. The molecule has 0 bridgehead atoms. The van der Waals surface area contributed by atoms with Crippen LogP contribution in [0.3, 0.4) is 0 Å². The van der Waals surface area contributed by atoms with Gasteiger partial charge in [-0.05, 0) is 25.7 Å². The molecule has 0 unspecified atom stereocenters. The van der Waals surface area contributed by atoms with Crippen molar-refractivity contribution in [3.63, 3.8) is 0 Å². The number of allylic oxidation sites excluding steroid dienone is 1. The van der Waals surface area contributed by atoms with Gasteiger partial charge >= 0.3 is 5.97 Å². The van der Waals surface area contributed by atoms with Crippen LogP contribution < -0.4 is 5.32 Å². The molecule has 0 saturated carbocycles. The van der Waals surface area contributed by atoms with Crippen molar-refractivity contribution in [1.82, 2.24) is 5.32 Å². The Labute approximate surface area is 96.7 Å². The highest BCUT2D eigenvalue weighted by Gasteiger charge is 2.21. The maximum Gasteiger partial charge on any atom is 0.326 e. The molecule has 4 heteroatoms. The third kappa shape index (κ3) is 5.53. The van der Waals surface area contributed by atoms with Crippen LogP contribution in [0.1, 0.15) is 40.5 Å². The Morgan fingerprint density at radius 1 is 1.38 bits per heavy atom. The Morgan fingerprint density at radius 2 is 1.94 bits per heavy atom. The lowest BCUT2D eigenvalue weighted by Gasteiger charge is -2.16. The van der Waals surface area contributed by atoms with E-state index in [1.165, 1.54) is 0 Å². The van der Waals surface area contributed by atoms with Crippen molar-refractivity contribution < 1.29 is 14.7 Å². The van der Waals surface area contributed by atoms with Crippen molar-refractivity contribution in [1.29, 1.82) is 0 Å². The van der Waals surface area contributed by atoms with Gasteiger partial charge in [-0.3, -0.25) is 4.79 Å². The molecule has 0 spiro atoms. The maximum absolute atomic E-state index is 11.6. The molecule has 16 heavy (non-hydrogen) atoms. The minimum atomic E-state index is -0.980. The van der Waals surface area contributed by atoms with Crippen LogP contribution in [0, 0.1) is 5.92 Å². The molecule has 4 nitrogen and oxygen atoms in total. The van der Waals surface area contributed by atoms with Gasteiger partial charge in [0.2, 0.25) is 5.91 Å². The molecule has 0 aromatic rings. The van der Waals surface area contributed by atoms with Crippen molar-refractivity contribution in [3.05, 3.63) is 11.6 Å². The van der Waals surface area contributed by atoms with E-state index in [0.717, 1.165) is 6.42 Å². The van der Waals surface area contributed by atoms with E-state index in [2.05, 4.69) is 5.32 Å². The molecule has 0 aromatic carbocycles. The zero-order valence-electron chi connectivity index (χ0n) is 10.4. The number of rotatable bonds is 6. The van der Waals surface area contributed by atoms with Crippen LogP contribution in [0.5, 0.6) is 0 Å². The third-order valence-electron chi connectivity index (χ3n) is 2.18. The Bertz CT molecular complexity index is 282. The van der Waals surface area contributed by atoms with Gasteiger partial charge < -0.3 is 10.4 Å². The second-order valence-corrected chi connectivity index (χ2v) is 4.29. The largest absolute Gasteiger partial charge is 0.480 e. The predicted molar refractivity (Wildman–Crippen MR) is 63.1 cm³/mol. The number of carbonyl (C=O) groups excluding carboxylic acids is 1. The van der Waals surface area contributed by atoms with Gasteiger partial charge in [0.05, 0.1) is 0 Å². The van der Waals surface area contributed by atoms with E-state index in [1.807, 2.05) is 20.8 Å². The lowest BCUT2D eigenvalue weighted by atomic mass is 10.0. The molecule has 2 N–H and O–H groups in total. The van der Waals surface area contributed by atoms with E-state index < -0.39 is 12.0 Å². The molecule has 1 amide bonds. The Kier molecular flexibility index (Phi) is 6.46. The minimum absolute atomic E-state index is 0.233. The predicted octanol–water partition coefficient (Wildman–Crippen LogP) is 1.96. The van der Waals surface area contributed by atoms with E-state index in [0.29, 0.717) is 12.0 Å². The number of amides is 1. The Balaban J connectivity index is 4.46. The van der Waals surface area contributed by atoms with Crippen LogP contribution in [0.15, 0.2) is 11.6 Å². The molecule has 0 rings (SSSR count). The highest BCUT2D eigenvalue weighted by Crippen LogP contribution is 2.06. The van der Waals surface area contributed by atoms with Gasteiger partial charge in [-0.2, -0.15) is 0 Å². The number of carboxylic acids is 1. The zero-order valence-corrected chi connectivity index (χ0v) is 10.4. The number of carbonyl (C=O) groups is 2. The molecule has 0 aromatic heterocycles. The van der Waals surface area contributed by atoms with Crippen LogP contribution in [0.2, 0.25) is 0 Å². The molecule has 92 valence electrons. The van der Waals surface area contributed by atoms with Crippen molar-refractivity contribution in [2.75, 3.05) is 0 Å². The van der Waals surface area contributed by atoms with E-state index in [9.17, 15) is 9.59 Å². The summed E-state index contributed by atoms with van der Waals surface area (Å²) in [4.78, 5) is 22.5. The van der Waals surface area contributed by atoms with E-state index in [1.54, 1.807) is 13.0 Å². The lowest BCUT2D eigenvalue weighted by molar-refractivity contribution is -0.141. The summed E-state index contributed by atoms with van der Waals surface area (Å²) < 4.78 is 0. The summed E-state index contributed by atoms with van der Waals surface area (Å²) in [7, 11) is 0. The maximum atomic E-state index is 11.6. The average Bonchev–Trinajstić information content (AvgIpc) is 2.16. The molecule has 1 atom stereocenters. The van der Waals surface area contributed by atoms with Gasteiger partial charge in [0.15, 0.2) is 0 Å². The van der Waals surface area contributed by atoms with E-state index in [4.69, 9.17) is 5.11 Å². The fourth-order valence-electron chi connectivity index (χ4n) is 1.36. The first kappa shape index (κ1) is 14.7. The molecule has 0 aliphatic carbocycles. The number of aliphatic carboxylic acids is 1. The zero-order chi connectivity index (χ0) is 12.7. The van der Waals surface area contributed by atoms with Crippen molar-refractivity contribution >= 4 is 11.9 Å². The van der Waals surface area contributed by atoms with E-state index in [-0.39, 0.29) is 11.8 Å². The van der Waals surface area contributed by atoms with Crippen LogP contribution in [0.4, 0.5) is 0 Å². The lowest BCUT2D eigenvalue weighted by Crippen LogP contribution is -2.41. The van der Waals surface area contributed by atoms with Gasteiger partial charge in [-0.25, -0.2) is 4.79 Å². The SMILES string of the molecule is CC/C=C(/C)C(=O)N[C@@H](CC(C)C)C(=O)O. The van der Waals surface area contributed by atoms with Crippen molar-refractivity contribution in [2.45, 2.75) is 46.6 Å². The fourth-order valence-corrected chi connectivity index (χ4v) is 1.36. The summed E-state index contributed by atoms with van der Waals surface area (Å²) in [6.45, 7) is 7.47. The molecule has 0 aliphatic rings. The molecule has 0 aliphatic heterocycles. The minimum Gasteiger partial charge on any atom is -0.480 e. The summed E-state index contributed by atoms with van der Waals surface area (Å²) in [6, 6.07) is -0.798. The normalized spacial score (nSPS) is 13.7. The molecular weight excluding hydrogens is 206 g/mol. The van der Waals surface area contributed by atoms with Gasteiger partial charge in [-0.1, -0.05) is 26.8 Å². The number of hydrogen-bond donors (Lipinski definition) is 2. The highest BCUT2D eigenvalue weighted by molar-refractivity contribution is 5.95. The number of hydrogen-bond acceptors (Lipinski definition) is 2. The summed E-state index contributed by atoms with van der Waals surface area (Å²) in [5.41, 5.74) is 0.567. The number of nitrogens with one attached hydrogen (secondary N) is 1. The van der Waals surface area contributed by atoms with Gasteiger partial charge in [0, 0.05) is 5.57 Å². The van der Waals surface area contributed by atoms with Gasteiger partial charge in [0.1, 0.15) is 6.04 Å². The van der Waals surface area contributed by atoms with E-state index >= 15 is 0 Å². The van der Waals surface area contributed by atoms with Gasteiger partial charge in [0.25, 0.3) is 0 Å². The topological polar surface area (TPSA) is 66.4 Å². The summed E-state index contributed by atoms with van der Waals surface area (Å²) >= 11 is 0. The molecule has 0 heterocycles. The molecule has 0 radical (unpaired) electrons. The highest BCUT2D eigenvalue weighted by atomic mass is 16.4. The second kappa shape index (κ2) is 7.04. The first-order valence-electron chi connectivity index (χ1n) is 5.58. The molecule has 0 fully saturated rings. The summed E-state index contributed by atoms with van der Waals surface area (Å²) in [5.74, 6) is -1.04. The van der Waals surface area contributed by atoms with Crippen molar-refractivity contribution in [2.24, 2.45) is 5.92 Å². The number of carboxylic acid groups (broad SMARTS) is 1. The fraction of sp³-hybridized carbons (Fsp3) is 0.667. The Morgan fingerprint density at radius 3 is 2.31 bits per heavy atom. The Hall–Kier alpha value is -1.32. The standard InChI is InChI=1S/C12H21NO3/c1-5-6-9(4)11(14)13-10(12(15)16)7-8(2)3/h6,8,10H,5,7H2,1-4H3,(H,13,14)(H,15,16)/b9-6-/t10-/m0/s1. The third-order valence-corrected chi connectivity index (χ3v) is 2.18. The van der Waals surface area contributed by atoms with Gasteiger partial charge in [-0.15, -0.1) is 0 Å². The van der Waals surface area contributed by atoms with Crippen LogP contribution in [0.25, 0.3) is 0 Å². The monoisotopic (exact) mass is 227 g/mol. The second-order valence-electron chi connectivity index (χ2n) is 4.29. The summed E-state index contributed by atoms with van der Waals surface area (Å²) in [6.07, 6.45) is 2.99. The molecular formula is C12H21NO3. The van der Waals surface area contributed by atoms with Crippen LogP contribution >= 0.6 is 0 Å². The quantitative estimate of drug-likeness (QED) is 0.682. The van der Waals surface area contributed by atoms with Crippen LogP contribution in [-0.4, -0.2) is 23.0 Å².